The molecule has 1 amide bonds. The summed E-state index contributed by atoms with van der Waals surface area (Å²) < 4.78 is 5.80. The average Bonchev–Trinajstić information content (AvgIpc) is 3.00. The van der Waals surface area contributed by atoms with Crippen molar-refractivity contribution in [3.05, 3.63) is 65.4 Å². The highest BCUT2D eigenvalue weighted by molar-refractivity contribution is 8.00. The molecule has 0 saturated carbocycles. The lowest BCUT2D eigenvalue weighted by Gasteiger charge is -2.11. The fraction of sp³-hybridized carbons (Fsp3) is 0.250. The Morgan fingerprint density at radius 1 is 1.12 bits per heavy atom. The van der Waals surface area contributed by atoms with Crippen molar-refractivity contribution in [3.63, 3.8) is 0 Å². The third kappa shape index (κ3) is 3.82. The summed E-state index contributed by atoms with van der Waals surface area (Å²) in [6, 6.07) is 16.0. The summed E-state index contributed by atoms with van der Waals surface area (Å²) in [5.41, 5.74) is 3.36. The number of thioether (sulfide) groups is 1. The number of furan rings is 1. The molecular formula is C20H21NO2S. The molecule has 1 heterocycles. The van der Waals surface area contributed by atoms with Crippen molar-refractivity contribution in [2.24, 2.45) is 0 Å². The third-order valence-corrected chi connectivity index (χ3v) is 5.09. The molecule has 0 aliphatic heterocycles. The van der Waals surface area contributed by atoms with Gasteiger partial charge in [0.15, 0.2) is 0 Å². The van der Waals surface area contributed by atoms with E-state index in [1.165, 1.54) is 11.1 Å². The highest BCUT2D eigenvalue weighted by Gasteiger charge is 2.14. The number of benzene rings is 2. The number of nitrogens with one attached hydrogen (secondary N) is 1. The minimum absolute atomic E-state index is 0.00573. The summed E-state index contributed by atoms with van der Waals surface area (Å²) in [6.07, 6.45) is 0. The summed E-state index contributed by atoms with van der Waals surface area (Å²) in [5, 5.41) is 4.05. The van der Waals surface area contributed by atoms with Gasteiger partial charge in [-0.1, -0.05) is 24.3 Å². The standard InChI is InChI=1S/C20H21NO2S/c1-13-8-9-17(10-14(13)2)24-12-20(22)21-15(3)19-11-16-6-4-5-7-18(16)23-19/h4-11,15H,12H2,1-3H3,(H,21,22)/t15-/m0/s1. The van der Waals surface area contributed by atoms with Gasteiger partial charge in [0.2, 0.25) is 5.91 Å². The van der Waals surface area contributed by atoms with Crippen LogP contribution in [0.4, 0.5) is 0 Å². The van der Waals surface area contributed by atoms with E-state index >= 15 is 0 Å². The number of amides is 1. The Bertz CT molecular complexity index is 836. The Hall–Kier alpha value is -2.20. The van der Waals surface area contributed by atoms with Gasteiger partial charge >= 0.3 is 0 Å². The Balaban J connectivity index is 1.58. The van der Waals surface area contributed by atoms with E-state index in [9.17, 15) is 4.79 Å². The van der Waals surface area contributed by atoms with E-state index in [1.807, 2.05) is 37.3 Å². The molecule has 0 bridgehead atoms. The molecule has 3 aromatic rings. The molecule has 0 saturated heterocycles. The maximum atomic E-state index is 12.2. The van der Waals surface area contributed by atoms with Gasteiger partial charge in [-0.2, -0.15) is 0 Å². The van der Waals surface area contributed by atoms with Crippen LogP contribution in [0.25, 0.3) is 11.0 Å². The predicted molar refractivity (Wildman–Crippen MR) is 99.4 cm³/mol. The van der Waals surface area contributed by atoms with E-state index in [-0.39, 0.29) is 11.9 Å². The average molecular weight is 339 g/mol. The number of para-hydroxylation sites is 1. The van der Waals surface area contributed by atoms with Crippen LogP contribution in [-0.2, 0) is 4.79 Å². The predicted octanol–water partition coefficient (Wildman–Crippen LogP) is 5.02. The minimum atomic E-state index is -0.148. The molecule has 4 heteroatoms. The number of aryl methyl sites for hydroxylation is 2. The Kier molecular flexibility index (Phi) is 4.95. The van der Waals surface area contributed by atoms with Crippen molar-refractivity contribution < 1.29 is 9.21 Å². The first-order valence-electron chi connectivity index (χ1n) is 8.01. The van der Waals surface area contributed by atoms with E-state index in [2.05, 4.69) is 37.4 Å². The maximum absolute atomic E-state index is 12.2. The van der Waals surface area contributed by atoms with E-state index in [1.54, 1.807) is 11.8 Å². The highest BCUT2D eigenvalue weighted by Crippen LogP contribution is 2.24. The molecular weight excluding hydrogens is 318 g/mol. The smallest absolute Gasteiger partial charge is 0.230 e. The molecule has 0 radical (unpaired) electrons. The van der Waals surface area contributed by atoms with Crippen molar-refractivity contribution in [2.75, 3.05) is 5.75 Å². The van der Waals surface area contributed by atoms with Crippen molar-refractivity contribution in [1.82, 2.24) is 5.32 Å². The van der Waals surface area contributed by atoms with Gasteiger partial charge in [0.1, 0.15) is 11.3 Å². The van der Waals surface area contributed by atoms with Crippen molar-refractivity contribution in [3.8, 4) is 0 Å². The number of hydrogen-bond acceptors (Lipinski definition) is 3. The number of carbonyl (C=O) groups is 1. The first kappa shape index (κ1) is 16.7. The molecule has 1 atom stereocenters. The van der Waals surface area contributed by atoms with E-state index in [0.29, 0.717) is 5.75 Å². The first-order chi connectivity index (χ1) is 11.5. The summed E-state index contributed by atoms with van der Waals surface area (Å²) in [5.74, 6) is 1.18. The second kappa shape index (κ2) is 7.14. The molecule has 0 spiro atoms. The van der Waals surface area contributed by atoms with Gasteiger partial charge in [0.05, 0.1) is 11.8 Å². The van der Waals surface area contributed by atoms with Gasteiger partial charge in [-0.3, -0.25) is 4.79 Å². The van der Waals surface area contributed by atoms with Gasteiger partial charge in [-0.25, -0.2) is 0 Å². The number of rotatable bonds is 5. The second-order valence-electron chi connectivity index (χ2n) is 6.01. The Labute approximate surface area is 146 Å². The van der Waals surface area contributed by atoms with E-state index < -0.39 is 0 Å². The van der Waals surface area contributed by atoms with Crippen LogP contribution in [-0.4, -0.2) is 11.7 Å². The lowest BCUT2D eigenvalue weighted by molar-refractivity contribution is -0.119. The molecule has 0 unspecified atom stereocenters. The highest BCUT2D eigenvalue weighted by atomic mass is 32.2. The molecule has 3 rings (SSSR count). The second-order valence-corrected chi connectivity index (χ2v) is 7.06. The first-order valence-corrected chi connectivity index (χ1v) is 8.99. The third-order valence-electron chi connectivity index (χ3n) is 4.10. The van der Waals surface area contributed by atoms with E-state index in [0.717, 1.165) is 21.6 Å². The van der Waals surface area contributed by atoms with Crippen LogP contribution in [0, 0.1) is 13.8 Å². The van der Waals surface area contributed by atoms with Crippen LogP contribution in [0.5, 0.6) is 0 Å². The summed E-state index contributed by atoms with van der Waals surface area (Å²) >= 11 is 1.55. The normalized spacial score (nSPS) is 12.3. The molecule has 1 aromatic heterocycles. The summed E-state index contributed by atoms with van der Waals surface area (Å²) in [4.78, 5) is 13.3. The van der Waals surface area contributed by atoms with Crippen LogP contribution < -0.4 is 5.32 Å². The van der Waals surface area contributed by atoms with Crippen LogP contribution in [0.1, 0.15) is 29.9 Å². The topological polar surface area (TPSA) is 42.2 Å². The van der Waals surface area contributed by atoms with Gasteiger partial charge in [0, 0.05) is 10.3 Å². The molecule has 3 nitrogen and oxygen atoms in total. The molecule has 24 heavy (non-hydrogen) atoms. The van der Waals surface area contributed by atoms with Crippen LogP contribution in [0.2, 0.25) is 0 Å². The zero-order valence-electron chi connectivity index (χ0n) is 14.1. The Morgan fingerprint density at radius 3 is 2.67 bits per heavy atom. The van der Waals surface area contributed by atoms with Gasteiger partial charge < -0.3 is 9.73 Å². The molecule has 0 aliphatic rings. The number of hydrogen-bond donors (Lipinski definition) is 1. The summed E-state index contributed by atoms with van der Waals surface area (Å²) in [7, 11) is 0. The zero-order valence-corrected chi connectivity index (χ0v) is 14.9. The van der Waals surface area contributed by atoms with Crippen LogP contribution in [0.15, 0.2) is 57.8 Å². The van der Waals surface area contributed by atoms with Crippen LogP contribution >= 0.6 is 11.8 Å². The van der Waals surface area contributed by atoms with Gasteiger partial charge in [0.25, 0.3) is 0 Å². The lowest BCUT2D eigenvalue weighted by atomic mass is 10.1. The van der Waals surface area contributed by atoms with Crippen molar-refractivity contribution in [2.45, 2.75) is 31.7 Å². The van der Waals surface area contributed by atoms with Gasteiger partial charge in [-0.15, -0.1) is 11.8 Å². The quantitative estimate of drug-likeness (QED) is 0.664. The number of fused-ring (bicyclic) bond motifs is 1. The van der Waals surface area contributed by atoms with Gasteiger partial charge in [-0.05, 0) is 56.2 Å². The largest absolute Gasteiger partial charge is 0.459 e. The van der Waals surface area contributed by atoms with Crippen molar-refractivity contribution in [1.29, 1.82) is 0 Å². The summed E-state index contributed by atoms with van der Waals surface area (Å²) in [6.45, 7) is 6.12. The maximum Gasteiger partial charge on any atom is 0.230 e. The van der Waals surface area contributed by atoms with Crippen LogP contribution in [0.3, 0.4) is 0 Å². The minimum Gasteiger partial charge on any atom is -0.459 e. The molecule has 0 aliphatic carbocycles. The zero-order chi connectivity index (χ0) is 17.1. The lowest BCUT2D eigenvalue weighted by Crippen LogP contribution is -2.27. The molecule has 1 N–H and O–H groups in total. The number of carbonyl (C=O) groups excluding carboxylic acids is 1. The van der Waals surface area contributed by atoms with Crippen molar-refractivity contribution >= 4 is 28.6 Å². The molecule has 0 fully saturated rings. The Morgan fingerprint density at radius 2 is 1.92 bits per heavy atom. The molecule has 124 valence electrons. The van der Waals surface area contributed by atoms with E-state index in [4.69, 9.17) is 4.42 Å². The fourth-order valence-corrected chi connectivity index (χ4v) is 3.33. The monoisotopic (exact) mass is 339 g/mol. The fourth-order valence-electron chi connectivity index (χ4n) is 2.52. The molecule has 2 aromatic carbocycles. The SMILES string of the molecule is Cc1ccc(SCC(=O)N[C@@H](C)c2cc3ccccc3o2)cc1C.